The Balaban J connectivity index is 1.41. The SMILES string of the molecule is Cc1nc(C2(NC(=O)Cc3ccc(NS(=O)(=O)c4ccc(F)cc4)cc3)CCCC2)no1. The molecule has 0 saturated heterocycles. The van der Waals surface area contributed by atoms with Gasteiger partial charge in [0.25, 0.3) is 10.0 Å². The van der Waals surface area contributed by atoms with Crippen LogP contribution in [-0.4, -0.2) is 24.5 Å². The fourth-order valence-electron chi connectivity index (χ4n) is 3.89. The molecule has 2 N–H and O–H groups in total. The fourth-order valence-corrected chi connectivity index (χ4v) is 4.95. The predicted octanol–water partition coefficient (Wildman–Crippen LogP) is 3.45. The monoisotopic (exact) mass is 458 g/mol. The molecule has 1 saturated carbocycles. The molecule has 8 nitrogen and oxygen atoms in total. The molecule has 168 valence electrons. The number of carbonyl (C=O) groups is 1. The molecule has 1 fully saturated rings. The van der Waals surface area contributed by atoms with Gasteiger partial charge < -0.3 is 9.84 Å². The van der Waals surface area contributed by atoms with E-state index in [9.17, 15) is 17.6 Å². The largest absolute Gasteiger partial charge is 0.343 e. The Morgan fingerprint density at radius 3 is 2.34 bits per heavy atom. The van der Waals surface area contributed by atoms with E-state index in [0.29, 0.717) is 17.4 Å². The molecule has 1 aliphatic carbocycles. The molecule has 0 spiro atoms. The number of aryl methyl sites for hydroxylation is 1. The number of nitrogens with zero attached hydrogens (tertiary/aromatic N) is 2. The third-order valence-electron chi connectivity index (χ3n) is 5.49. The molecule has 1 aromatic heterocycles. The summed E-state index contributed by atoms with van der Waals surface area (Å²) in [6, 6.07) is 11.1. The van der Waals surface area contributed by atoms with Crippen molar-refractivity contribution in [1.29, 1.82) is 0 Å². The van der Waals surface area contributed by atoms with Crippen LogP contribution >= 0.6 is 0 Å². The van der Waals surface area contributed by atoms with Gasteiger partial charge in [0.15, 0.2) is 5.82 Å². The van der Waals surface area contributed by atoms with Gasteiger partial charge in [0.05, 0.1) is 11.3 Å². The Bertz CT molecular complexity index is 1200. The van der Waals surface area contributed by atoms with Crippen LogP contribution in [0.15, 0.2) is 57.9 Å². The molecule has 2 aromatic carbocycles. The number of sulfonamides is 1. The summed E-state index contributed by atoms with van der Waals surface area (Å²) in [5, 5.41) is 7.10. The molecule has 1 heterocycles. The number of benzene rings is 2. The van der Waals surface area contributed by atoms with Crippen molar-refractivity contribution in [2.24, 2.45) is 0 Å². The van der Waals surface area contributed by atoms with E-state index in [4.69, 9.17) is 4.52 Å². The van der Waals surface area contributed by atoms with Crippen LogP contribution in [0.4, 0.5) is 10.1 Å². The Labute approximate surface area is 185 Å². The van der Waals surface area contributed by atoms with Crippen molar-refractivity contribution < 1.29 is 22.1 Å². The second kappa shape index (κ2) is 8.70. The van der Waals surface area contributed by atoms with E-state index in [1.54, 1.807) is 31.2 Å². The molecule has 0 aliphatic heterocycles. The average Bonchev–Trinajstić information content (AvgIpc) is 3.39. The van der Waals surface area contributed by atoms with Crippen molar-refractivity contribution in [3.63, 3.8) is 0 Å². The van der Waals surface area contributed by atoms with Gasteiger partial charge in [-0.2, -0.15) is 4.98 Å². The summed E-state index contributed by atoms with van der Waals surface area (Å²) in [5.41, 5.74) is 0.456. The lowest BCUT2D eigenvalue weighted by atomic mass is 9.96. The first-order chi connectivity index (χ1) is 15.3. The first-order valence-corrected chi connectivity index (χ1v) is 11.7. The average molecular weight is 459 g/mol. The number of rotatable bonds is 7. The van der Waals surface area contributed by atoms with Gasteiger partial charge >= 0.3 is 0 Å². The van der Waals surface area contributed by atoms with Gasteiger partial charge in [0, 0.05) is 12.6 Å². The second-order valence-electron chi connectivity index (χ2n) is 7.91. The van der Waals surface area contributed by atoms with Crippen molar-refractivity contribution >= 4 is 21.6 Å². The first-order valence-electron chi connectivity index (χ1n) is 10.2. The lowest BCUT2D eigenvalue weighted by molar-refractivity contribution is -0.122. The summed E-state index contributed by atoms with van der Waals surface area (Å²) < 4.78 is 45.4. The van der Waals surface area contributed by atoms with Crippen LogP contribution < -0.4 is 10.0 Å². The van der Waals surface area contributed by atoms with Gasteiger partial charge in [0.1, 0.15) is 11.4 Å². The van der Waals surface area contributed by atoms with Crippen molar-refractivity contribution in [1.82, 2.24) is 15.5 Å². The minimum Gasteiger partial charge on any atom is -0.343 e. The molecule has 10 heteroatoms. The first kappa shape index (κ1) is 21.9. The minimum absolute atomic E-state index is 0.0408. The number of halogens is 1. The van der Waals surface area contributed by atoms with Gasteiger partial charge in [-0.05, 0) is 54.8 Å². The molecule has 0 unspecified atom stereocenters. The zero-order chi connectivity index (χ0) is 22.8. The smallest absolute Gasteiger partial charge is 0.261 e. The number of amides is 1. The van der Waals surface area contributed by atoms with Crippen molar-refractivity contribution in [3.05, 3.63) is 71.6 Å². The molecule has 32 heavy (non-hydrogen) atoms. The van der Waals surface area contributed by atoms with E-state index >= 15 is 0 Å². The van der Waals surface area contributed by atoms with Crippen LogP contribution in [0.1, 0.15) is 43.0 Å². The Hall–Kier alpha value is -3.27. The van der Waals surface area contributed by atoms with Crippen LogP contribution in [0, 0.1) is 12.7 Å². The number of anilines is 1. The van der Waals surface area contributed by atoms with Crippen LogP contribution in [0.25, 0.3) is 0 Å². The lowest BCUT2D eigenvalue weighted by Crippen LogP contribution is -2.45. The fraction of sp³-hybridized carbons (Fsp3) is 0.318. The van der Waals surface area contributed by atoms with E-state index in [2.05, 4.69) is 20.2 Å². The highest BCUT2D eigenvalue weighted by molar-refractivity contribution is 7.92. The van der Waals surface area contributed by atoms with Crippen LogP contribution in [0.5, 0.6) is 0 Å². The zero-order valence-electron chi connectivity index (χ0n) is 17.5. The van der Waals surface area contributed by atoms with Gasteiger partial charge in [0.2, 0.25) is 11.8 Å². The van der Waals surface area contributed by atoms with E-state index in [1.807, 2.05) is 0 Å². The minimum atomic E-state index is -3.84. The number of hydrogen-bond acceptors (Lipinski definition) is 6. The standard InChI is InChI=1S/C22H23FN4O4S/c1-15-24-21(26-31-15)22(12-2-3-13-22)25-20(28)14-16-4-8-18(9-5-16)27-32(29,30)19-10-6-17(23)7-11-19/h4-11,27H,2-3,12-14H2,1H3,(H,25,28). The van der Waals surface area contributed by atoms with Crippen molar-refractivity contribution in [3.8, 4) is 0 Å². The van der Waals surface area contributed by atoms with E-state index in [-0.39, 0.29) is 17.2 Å². The summed E-state index contributed by atoms with van der Waals surface area (Å²) in [6.07, 6.45) is 3.57. The highest BCUT2D eigenvalue weighted by Gasteiger charge is 2.41. The van der Waals surface area contributed by atoms with Gasteiger partial charge in [-0.25, -0.2) is 12.8 Å². The maximum absolute atomic E-state index is 13.0. The second-order valence-corrected chi connectivity index (χ2v) is 9.59. The summed E-state index contributed by atoms with van der Waals surface area (Å²) in [5.74, 6) is 0.278. The summed E-state index contributed by atoms with van der Waals surface area (Å²) in [6.45, 7) is 1.72. The third-order valence-corrected chi connectivity index (χ3v) is 6.88. The maximum Gasteiger partial charge on any atom is 0.261 e. The highest BCUT2D eigenvalue weighted by Crippen LogP contribution is 2.37. The third kappa shape index (κ3) is 4.80. The van der Waals surface area contributed by atoms with Gasteiger partial charge in [-0.3, -0.25) is 9.52 Å². The van der Waals surface area contributed by atoms with Gasteiger partial charge in [-0.15, -0.1) is 0 Å². The molecule has 0 radical (unpaired) electrons. The quantitative estimate of drug-likeness (QED) is 0.561. The van der Waals surface area contributed by atoms with Crippen LogP contribution in [0.3, 0.4) is 0 Å². The molecule has 0 bridgehead atoms. The van der Waals surface area contributed by atoms with Crippen molar-refractivity contribution in [2.75, 3.05) is 4.72 Å². The maximum atomic E-state index is 13.0. The number of carbonyl (C=O) groups excluding carboxylic acids is 1. The molecule has 1 amide bonds. The topological polar surface area (TPSA) is 114 Å². The molecule has 3 aromatic rings. The van der Waals surface area contributed by atoms with E-state index in [0.717, 1.165) is 43.4 Å². The Kier molecular flexibility index (Phi) is 5.96. The zero-order valence-corrected chi connectivity index (χ0v) is 18.3. The van der Waals surface area contributed by atoms with Crippen LogP contribution in [0.2, 0.25) is 0 Å². The highest BCUT2D eigenvalue weighted by atomic mass is 32.2. The summed E-state index contributed by atoms with van der Waals surface area (Å²) >= 11 is 0. The predicted molar refractivity (Wildman–Crippen MR) is 115 cm³/mol. The lowest BCUT2D eigenvalue weighted by Gasteiger charge is -2.26. The molecule has 1 aliphatic rings. The Morgan fingerprint density at radius 2 is 1.75 bits per heavy atom. The van der Waals surface area contributed by atoms with Crippen molar-refractivity contribution in [2.45, 2.75) is 49.5 Å². The van der Waals surface area contributed by atoms with E-state index in [1.165, 1.54) is 12.1 Å². The van der Waals surface area contributed by atoms with Gasteiger partial charge in [-0.1, -0.05) is 30.1 Å². The number of hydrogen-bond donors (Lipinski definition) is 2. The number of aromatic nitrogens is 2. The summed E-state index contributed by atoms with van der Waals surface area (Å²) in [7, 11) is -3.84. The molecular formula is C22H23FN4O4S. The molecule has 4 rings (SSSR count). The Morgan fingerprint density at radius 1 is 1.09 bits per heavy atom. The number of nitrogens with one attached hydrogen (secondary N) is 2. The molecule has 0 atom stereocenters. The normalized spacial score (nSPS) is 15.4. The summed E-state index contributed by atoms with van der Waals surface area (Å²) in [4.78, 5) is 17.0. The molecular weight excluding hydrogens is 435 g/mol. The van der Waals surface area contributed by atoms with E-state index < -0.39 is 21.4 Å². The van der Waals surface area contributed by atoms with Crippen LogP contribution in [-0.2, 0) is 26.8 Å².